The minimum atomic E-state index is -1.22. The molecule has 2 aliphatic carbocycles. The SMILES string of the molecule is CC1(C)CCCC2(C)C1CCC(C)(O)C2CCC(C)(O)C(O)CN1CC2CC(C1)c1cccc(=O)n1C2. The number of pyridine rings is 1. The number of nitrogens with zero attached hydrogens (tertiary/aromatic N) is 2. The fourth-order valence-electron chi connectivity index (χ4n) is 9.45. The molecule has 5 rings (SSSR count). The van der Waals surface area contributed by atoms with Gasteiger partial charge >= 0.3 is 0 Å². The third kappa shape index (κ3) is 4.97. The fourth-order valence-corrected chi connectivity index (χ4v) is 9.45. The van der Waals surface area contributed by atoms with Crippen LogP contribution in [0.25, 0.3) is 0 Å². The van der Waals surface area contributed by atoms with Crippen molar-refractivity contribution < 1.29 is 15.3 Å². The van der Waals surface area contributed by atoms with Gasteiger partial charge in [-0.15, -0.1) is 0 Å². The zero-order valence-electron chi connectivity index (χ0n) is 23.7. The molecule has 0 radical (unpaired) electrons. The smallest absolute Gasteiger partial charge is 0.250 e. The first-order valence-electron chi connectivity index (χ1n) is 14.8. The van der Waals surface area contributed by atoms with Crippen LogP contribution in [0.15, 0.2) is 23.0 Å². The molecule has 1 saturated heterocycles. The number of β-amino-alcohol motifs (C(OH)–C–C–N with tert-alkyl or cyclic N) is 1. The summed E-state index contributed by atoms with van der Waals surface area (Å²) in [6.45, 7) is 13.8. The number of aliphatic hydroxyl groups is 3. The van der Waals surface area contributed by atoms with Crippen molar-refractivity contribution in [1.82, 2.24) is 9.47 Å². The van der Waals surface area contributed by atoms with Crippen LogP contribution in [0.1, 0.15) is 97.6 Å². The summed E-state index contributed by atoms with van der Waals surface area (Å²) in [7, 11) is 0. The number of aliphatic hydroxyl groups excluding tert-OH is 1. The van der Waals surface area contributed by atoms with E-state index in [0.29, 0.717) is 30.7 Å². The van der Waals surface area contributed by atoms with Crippen LogP contribution in [0.2, 0.25) is 0 Å². The van der Waals surface area contributed by atoms with Crippen LogP contribution < -0.4 is 5.56 Å². The summed E-state index contributed by atoms with van der Waals surface area (Å²) in [6, 6.07) is 5.56. The van der Waals surface area contributed by atoms with E-state index in [0.717, 1.165) is 57.4 Å². The van der Waals surface area contributed by atoms with Crippen molar-refractivity contribution in [1.29, 1.82) is 0 Å². The standard InChI is InChI=1S/C31H50N2O4/c1-28(2)12-7-13-29(3)24(28)10-14-30(4,36)25(29)11-15-31(5,37)26(34)20-32-17-21-16-22(19-32)23-8-6-9-27(35)33(23)18-21/h6,8-9,21-22,24-26,34,36-37H,7,10-20H2,1-5H3. The predicted octanol–water partition coefficient (Wildman–Crippen LogP) is 4.15. The second kappa shape index (κ2) is 9.46. The van der Waals surface area contributed by atoms with Crippen molar-refractivity contribution in [2.75, 3.05) is 19.6 Å². The molecule has 2 aliphatic heterocycles. The molecule has 2 bridgehead atoms. The highest BCUT2D eigenvalue weighted by Crippen LogP contribution is 2.63. The van der Waals surface area contributed by atoms with E-state index < -0.39 is 17.3 Å². The predicted molar refractivity (Wildman–Crippen MR) is 146 cm³/mol. The second-order valence-corrected chi connectivity index (χ2v) is 14.7. The quantitative estimate of drug-likeness (QED) is 0.531. The number of fused-ring (bicyclic) bond motifs is 5. The highest BCUT2D eigenvalue weighted by Gasteiger charge is 2.58. The Balaban J connectivity index is 1.25. The molecule has 3 N–H and O–H groups in total. The highest BCUT2D eigenvalue weighted by molar-refractivity contribution is 5.17. The Morgan fingerprint density at radius 3 is 2.62 bits per heavy atom. The van der Waals surface area contributed by atoms with Crippen LogP contribution in [0, 0.1) is 28.6 Å². The van der Waals surface area contributed by atoms with E-state index in [4.69, 9.17) is 0 Å². The first kappa shape index (κ1) is 27.4. The topological polar surface area (TPSA) is 85.9 Å². The van der Waals surface area contributed by atoms with E-state index in [1.165, 1.54) is 12.8 Å². The lowest BCUT2D eigenvalue weighted by Crippen LogP contribution is -2.58. The Kier molecular flexibility index (Phi) is 7.00. The molecule has 0 amide bonds. The zero-order chi connectivity index (χ0) is 26.8. The van der Waals surface area contributed by atoms with Crippen LogP contribution in [0.3, 0.4) is 0 Å². The fraction of sp³-hybridized carbons (Fsp3) is 0.839. The molecule has 208 valence electrons. The maximum atomic E-state index is 12.3. The molecule has 6 heteroatoms. The number of likely N-dealkylation sites (tertiary alicyclic amines) is 1. The summed E-state index contributed by atoms with van der Waals surface area (Å²) >= 11 is 0. The summed E-state index contributed by atoms with van der Waals surface area (Å²) in [5, 5.41) is 34.3. The second-order valence-electron chi connectivity index (χ2n) is 14.7. The molecule has 3 fully saturated rings. The molecule has 8 atom stereocenters. The maximum Gasteiger partial charge on any atom is 0.250 e. The van der Waals surface area contributed by atoms with Crippen molar-refractivity contribution in [3.8, 4) is 0 Å². The van der Waals surface area contributed by atoms with Crippen LogP contribution >= 0.6 is 0 Å². The molecular formula is C31H50N2O4. The molecule has 4 aliphatic rings. The molecule has 37 heavy (non-hydrogen) atoms. The number of aromatic nitrogens is 1. The van der Waals surface area contributed by atoms with E-state index in [2.05, 4.69) is 31.7 Å². The molecule has 1 aromatic heterocycles. The van der Waals surface area contributed by atoms with E-state index in [1.807, 2.05) is 17.6 Å². The Labute approximate surface area is 223 Å². The molecule has 0 spiro atoms. The summed E-state index contributed by atoms with van der Waals surface area (Å²) in [4.78, 5) is 14.6. The summed E-state index contributed by atoms with van der Waals surface area (Å²) in [5.74, 6) is 1.38. The minimum absolute atomic E-state index is 0.0559. The Bertz CT molecular complexity index is 1050. The van der Waals surface area contributed by atoms with E-state index in [9.17, 15) is 20.1 Å². The molecule has 6 nitrogen and oxygen atoms in total. The number of hydrogen-bond donors (Lipinski definition) is 3. The van der Waals surface area contributed by atoms with Crippen LogP contribution in [-0.4, -0.2) is 61.7 Å². The van der Waals surface area contributed by atoms with Gasteiger partial charge in [0.15, 0.2) is 0 Å². The lowest BCUT2D eigenvalue weighted by Gasteiger charge is -2.61. The lowest BCUT2D eigenvalue weighted by atomic mass is 9.45. The van der Waals surface area contributed by atoms with E-state index >= 15 is 0 Å². The van der Waals surface area contributed by atoms with Crippen LogP contribution in [-0.2, 0) is 6.54 Å². The molecule has 3 heterocycles. The van der Waals surface area contributed by atoms with Crippen molar-refractivity contribution >= 4 is 0 Å². The monoisotopic (exact) mass is 514 g/mol. The molecule has 8 unspecified atom stereocenters. The van der Waals surface area contributed by atoms with Crippen molar-refractivity contribution in [3.63, 3.8) is 0 Å². The third-order valence-electron chi connectivity index (χ3n) is 11.4. The van der Waals surface area contributed by atoms with Gasteiger partial charge in [-0.05, 0) is 93.4 Å². The largest absolute Gasteiger partial charge is 0.390 e. The number of rotatable bonds is 6. The average molecular weight is 515 g/mol. The Morgan fingerprint density at radius 1 is 1.11 bits per heavy atom. The number of piperidine rings is 1. The minimum Gasteiger partial charge on any atom is -0.390 e. The van der Waals surface area contributed by atoms with Gasteiger partial charge < -0.3 is 19.9 Å². The first-order chi connectivity index (χ1) is 17.2. The third-order valence-corrected chi connectivity index (χ3v) is 11.4. The average Bonchev–Trinajstić information content (AvgIpc) is 2.78. The van der Waals surface area contributed by atoms with Gasteiger partial charge in [0.05, 0.1) is 17.3 Å². The van der Waals surface area contributed by atoms with Crippen LogP contribution in [0.4, 0.5) is 0 Å². The zero-order valence-corrected chi connectivity index (χ0v) is 23.7. The van der Waals surface area contributed by atoms with E-state index in [-0.39, 0.29) is 22.3 Å². The Morgan fingerprint density at radius 2 is 1.86 bits per heavy atom. The molecule has 2 saturated carbocycles. The van der Waals surface area contributed by atoms with Gasteiger partial charge in [0.25, 0.3) is 5.56 Å². The first-order valence-corrected chi connectivity index (χ1v) is 14.8. The molecule has 0 aromatic carbocycles. The van der Waals surface area contributed by atoms with Crippen molar-refractivity contribution in [3.05, 3.63) is 34.2 Å². The normalized spacial score (nSPS) is 39.8. The molecular weight excluding hydrogens is 464 g/mol. The highest BCUT2D eigenvalue weighted by atomic mass is 16.3. The molecule has 1 aromatic rings. The van der Waals surface area contributed by atoms with E-state index in [1.54, 1.807) is 13.0 Å². The lowest BCUT2D eigenvalue weighted by molar-refractivity contribution is -0.176. The van der Waals surface area contributed by atoms with Gasteiger partial charge in [0.1, 0.15) is 0 Å². The summed E-state index contributed by atoms with van der Waals surface area (Å²) in [5.41, 5.74) is -0.437. The maximum absolute atomic E-state index is 12.3. The van der Waals surface area contributed by atoms with Crippen molar-refractivity contribution in [2.45, 2.75) is 116 Å². The Hall–Kier alpha value is -1.21. The van der Waals surface area contributed by atoms with Gasteiger partial charge in [-0.25, -0.2) is 0 Å². The van der Waals surface area contributed by atoms with Gasteiger partial charge in [-0.3, -0.25) is 9.69 Å². The number of hydrogen-bond acceptors (Lipinski definition) is 5. The van der Waals surface area contributed by atoms with Gasteiger partial charge in [-0.1, -0.05) is 33.3 Å². The van der Waals surface area contributed by atoms with Gasteiger partial charge in [0.2, 0.25) is 0 Å². The summed E-state index contributed by atoms with van der Waals surface area (Å²) < 4.78 is 1.93. The van der Waals surface area contributed by atoms with Gasteiger partial charge in [-0.2, -0.15) is 0 Å². The summed E-state index contributed by atoms with van der Waals surface area (Å²) in [6.07, 6.45) is 6.88. The van der Waals surface area contributed by atoms with Gasteiger partial charge in [0, 0.05) is 43.9 Å². The van der Waals surface area contributed by atoms with Crippen LogP contribution in [0.5, 0.6) is 0 Å². The van der Waals surface area contributed by atoms with Crippen molar-refractivity contribution in [2.24, 2.45) is 28.6 Å².